The Morgan fingerprint density at radius 2 is 2.00 bits per heavy atom. The summed E-state index contributed by atoms with van der Waals surface area (Å²) in [6, 6.07) is 9.42. The van der Waals surface area contributed by atoms with Gasteiger partial charge in [0.15, 0.2) is 0 Å². The van der Waals surface area contributed by atoms with Crippen LogP contribution in [0.1, 0.15) is 50.6 Å². The summed E-state index contributed by atoms with van der Waals surface area (Å²) in [5.41, 5.74) is 1.45. The molecule has 2 aliphatic rings. The second-order valence-electron chi connectivity index (χ2n) is 6.33. The van der Waals surface area contributed by atoms with Crippen LogP contribution in [0.2, 0.25) is 0 Å². The Labute approximate surface area is 125 Å². The van der Waals surface area contributed by atoms with E-state index in [0.717, 1.165) is 24.3 Å². The Kier molecular flexibility index (Phi) is 4.28. The van der Waals surface area contributed by atoms with Gasteiger partial charge in [0.1, 0.15) is 0 Å². The molecule has 2 bridgehead atoms. The fraction of sp³-hybridized carbons (Fsp3) is 0.647. The van der Waals surface area contributed by atoms with Gasteiger partial charge >= 0.3 is 0 Å². The highest BCUT2D eigenvalue weighted by molar-refractivity contribution is 9.10. The minimum atomic E-state index is 0.544. The van der Waals surface area contributed by atoms with Gasteiger partial charge in [-0.2, -0.15) is 0 Å². The molecule has 0 saturated heterocycles. The molecular weight excluding hydrogens is 298 g/mol. The first kappa shape index (κ1) is 13.6. The number of benzene rings is 1. The Morgan fingerprint density at radius 3 is 2.58 bits per heavy atom. The van der Waals surface area contributed by atoms with Gasteiger partial charge in [0, 0.05) is 10.5 Å². The molecule has 0 heterocycles. The Bertz CT molecular complexity index is 414. The van der Waals surface area contributed by atoms with Gasteiger partial charge in [-0.15, -0.1) is 0 Å². The first-order chi connectivity index (χ1) is 9.26. The average Bonchev–Trinajstić information content (AvgIpc) is 3.01. The van der Waals surface area contributed by atoms with Crippen LogP contribution in [0.5, 0.6) is 0 Å². The standard InChI is InChI=1S/C17H24BrN/c1-2-19-17(13-5-7-16(18)8-6-13)11-15-10-12-3-4-14(15)9-12/h5-8,12,14-15,17,19H,2-4,9-11H2,1H3. The highest BCUT2D eigenvalue weighted by Crippen LogP contribution is 2.50. The molecule has 0 radical (unpaired) electrons. The second kappa shape index (κ2) is 5.97. The number of hydrogen-bond donors (Lipinski definition) is 1. The Morgan fingerprint density at radius 1 is 1.21 bits per heavy atom. The predicted octanol–water partition coefficient (Wildman–Crippen LogP) is 4.93. The molecule has 19 heavy (non-hydrogen) atoms. The zero-order chi connectivity index (χ0) is 13.2. The molecule has 2 fully saturated rings. The van der Waals surface area contributed by atoms with E-state index in [2.05, 4.69) is 52.4 Å². The number of halogens is 1. The van der Waals surface area contributed by atoms with Gasteiger partial charge in [-0.1, -0.05) is 41.4 Å². The van der Waals surface area contributed by atoms with Crippen molar-refractivity contribution in [3.8, 4) is 0 Å². The van der Waals surface area contributed by atoms with E-state index in [0.29, 0.717) is 6.04 Å². The molecule has 2 aliphatic carbocycles. The van der Waals surface area contributed by atoms with E-state index in [-0.39, 0.29) is 0 Å². The monoisotopic (exact) mass is 321 g/mol. The van der Waals surface area contributed by atoms with Crippen LogP contribution in [0.4, 0.5) is 0 Å². The zero-order valence-electron chi connectivity index (χ0n) is 11.7. The molecule has 1 aromatic rings. The molecule has 3 rings (SSSR count). The first-order valence-electron chi connectivity index (χ1n) is 7.75. The maximum absolute atomic E-state index is 3.69. The molecule has 0 spiro atoms. The van der Waals surface area contributed by atoms with E-state index in [4.69, 9.17) is 0 Å². The van der Waals surface area contributed by atoms with Gasteiger partial charge < -0.3 is 5.32 Å². The fourth-order valence-corrected chi connectivity index (χ4v) is 4.51. The highest BCUT2D eigenvalue weighted by Gasteiger charge is 2.40. The molecule has 0 amide bonds. The van der Waals surface area contributed by atoms with Gasteiger partial charge in [-0.05, 0) is 67.7 Å². The van der Waals surface area contributed by atoms with Gasteiger partial charge in [0.25, 0.3) is 0 Å². The van der Waals surface area contributed by atoms with Crippen molar-refractivity contribution in [1.82, 2.24) is 5.32 Å². The smallest absolute Gasteiger partial charge is 0.0322 e. The van der Waals surface area contributed by atoms with Crippen LogP contribution in [0, 0.1) is 17.8 Å². The molecule has 1 aromatic carbocycles. The van der Waals surface area contributed by atoms with Gasteiger partial charge in [0.05, 0.1) is 0 Å². The number of rotatable bonds is 5. The molecule has 0 aromatic heterocycles. The van der Waals surface area contributed by atoms with Crippen LogP contribution in [0.15, 0.2) is 28.7 Å². The lowest BCUT2D eigenvalue weighted by atomic mass is 9.83. The third-order valence-electron chi connectivity index (χ3n) is 5.15. The van der Waals surface area contributed by atoms with E-state index in [1.807, 2.05) is 0 Å². The number of nitrogens with one attached hydrogen (secondary N) is 1. The summed E-state index contributed by atoms with van der Waals surface area (Å²) in [5.74, 6) is 3.05. The van der Waals surface area contributed by atoms with Crippen LogP contribution in [0.25, 0.3) is 0 Å². The highest BCUT2D eigenvalue weighted by atomic mass is 79.9. The normalized spacial score (nSPS) is 30.7. The fourth-order valence-electron chi connectivity index (χ4n) is 4.25. The second-order valence-corrected chi connectivity index (χ2v) is 7.25. The quantitative estimate of drug-likeness (QED) is 0.811. The molecule has 4 unspecified atom stereocenters. The third kappa shape index (κ3) is 3.05. The summed E-state index contributed by atoms with van der Waals surface area (Å²) in [6.45, 7) is 3.27. The van der Waals surface area contributed by atoms with Crippen molar-refractivity contribution < 1.29 is 0 Å². The van der Waals surface area contributed by atoms with Gasteiger partial charge in [-0.3, -0.25) is 0 Å². The molecule has 1 nitrogen and oxygen atoms in total. The minimum absolute atomic E-state index is 0.544. The van der Waals surface area contributed by atoms with Crippen LogP contribution in [0.3, 0.4) is 0 Å². The largest absolute Gasteiger partial charge is 0.310 e. The van der Waals surface area contributed by atoms with Crippen LogP contribution >= 0.6 is 15.9 Å². The van der Waals surface area contributed by atoms with Crippen molar-refractivity contribution in [3.05, 3.63) is 34.3 Å². The third-order valence-corrected chi connectivity index (χ3v) is 5.67. The summed E-state index contributed by atoms with van der Waals surface area (Å²) in [6.07, 6.45) is 7.34. The molecule has 4 atom stereocenters. The van der Waals surface area contributed by atoms with Crippen LogP contribution in [-0.4, -0.2) is 6.54 Å². The van der Waals surface area contributed by atoms with Crippen LogP contribution < -0.4 is 5.32 Å². The summed E-state index contributed by atoms with van der Waals surface area (Å²) in [7, 11) is 0. The molecule has 2 heteroatoms. The molecule has 1 N–H and O–H groups in total. The number of hydrogen-bond acceptors (Lipinski definition) is 1. The van der Waals surface area contributed by atoms with E-state index in [1.165, 1.54) is 42.1 Å². The Hall–Kier alpha value is -0.340. The van der Waals surface area contributed by atoms with E-state index < -0.39 is 0 Å². The van der Waals surface area contributed by atoms with Crippen molar-refractivity contribution in [2.24, 2.45) is 17.8 Å². The van der Waals surface area contributed by atoms with E-state index >= 15 is 0 Å². The molecule has 0 aliphatic heterocycles. The average molecular weight is 322 g/mol. The summed E-state index contributed by atoms with van der Waals surface area (Å²) >= 11 is 3.53. The minimum Gasteiger partial charge on any atom is -0.310 e. The lowest BCUT2D eigenvalue weighted by Crippen LogP contribution is -2.25. The summed E-state index contributed by atoms with van der Waals surface area (Å²) in [5, 5.41) is 3.69. The zero-order valence-corrected chi connectivity index (χ0v) is 13.3. The van der Waals surface area contributed by atoms with E-state index in [9.17, 15) is 0 Å². The lowest BCUT2D eigenvalue weighted by molar-refractivity contribution is 0.280. The van der Waals surface area contributed by atoms with Crippen molar-refractivity contribution in [2.75, 3.05) is 6.54 Å². The van der Waals surface area contributed by atoms with Crippen LogP contribution in [-0.2, 0) is 0 Å². The number of fused-ring (bicyclic) bond motifs is 2. The first-order valence-corrected chi connectivity index (χ1v) is 8.54. The molecule has 104 valence electrons. The maximum Gasteiger partial charge on any atom is 0.0322 e. The molecule has 2 saturated carbocycles. The van der Waals surface area contributed by atoms with Crippen molar-refractivity contribution >= 4 is 15.9 Å². The summed E-state index contributed by atoms with van der Waals surface area (Å²) in [4.78, 5) is 0. The summed E-state index contributed by atoms with van der Waals surface area (Å²) < 4.78 is 1.17. The van der Waals surface area contributed by atoms with Gasteiger partial charge in [0.2, 0.25) is 0 Å². The van der Waals surface area contributed by atoms with E-state index in [1.54, 1.807) is 0 Å². The van der Waals surface area contributed by atoms with Gasteiger partial charge in [-0.25, -0.2) is 0 Å². The lowest BCUT2D eigenvalue weighted by Gasteiger charge is -2.27. The topological polar surface area (TPSA) is 12.0 Å². The SMILES string of the molecule is CCNC(CC1CC2CCC1C2)c1ccc(Br)cc1. The van der Waals surface area contributed by atoms with Crippen molar-refractivity contribution in [2.45, 2.75) is 45.1 Å². The maximum atomic E-state index is 3.69. The molecular formula is C17H24BrN. The van der Waals surface area contributed by atoms with Crippen molar-refractivity contribution in [3.63, 3.8) is 0 Å². The van der Waals surface area contributed by atoms with Crippen molar-refractivity contribution in [1.29, 1.82) is 0 Å². The predicted molar refractivity (Wildman–Crippen MR) is 84.1 cm³/mol. The Balaban J connectivity index is 1.68.